The molecule has 1 saturated heterocycles. The van der Waals surface area contributed by atoms with Gasteiger partial charge in [-0.2, -0.15) is 12.6 Å². The summed E-state index contributed by atoms with van der Waals surface area (Å²) in [4.78, 5) is 15.1. The van der Waals surface area contributed by atoms with Gasteiger partial charge in [0, 0.05) is 18.5 Å². The van der Waals surface area contributed by atoms with Crippen molar-refractivity contribution < 1.29 is 9.32 Å². The van der Waals surface area contributed by atoms with E-state index in [0.29, 0.717) is 12.4 Å². The Hall–Kier alpha value is -1.17. The molecule has 1 fully saturated rings. The van der Waals surface area contributed by atoms with Crippen molar-refractivity contribution in [1.82, 2.24) is 10.1 Å². The van der Waals surface area contributed by atoms with E-state index < -0.39 is 0 Å². The molecule has 0 bridgehead atoms. The summed E-state index contributed by atoms with van der Waals surface area (Å²) >= 11 is 4.38. The second kappa shape index (κ2) is 3.94. The lowest BCUT2D eigenvalue weighted by Crippen LogP contribution is -2.32. The summed E-state index contributed by atoms with van der Waals surface area (Å²) in [6.07, 6.45) is 0. The average Bonchev–Trinajstić information content (AvgIpc) is 2.73. The van der Waals surface area contributed by atoms with E-state index in [1.54, 1.807) is 22.9 Å². The first-order valence-corrected chi connectivity index (χ1v) is 6.02. The molecule has 1 unspecified atom stereocenters. The molecule has 0 saturated carbocycles. The van der Waals surface area contributed by atoms with E-state index in [4.69, 9.17) is 4.52 Å². The number of hydrogen-bond acceptors (Lipinski definition) is 4. The lowest BCUT2D eigenvalue weighted by atomic mass is 9.93. The average molecular weight is 255 g/mol. The van der Waals surface area contributed by atoms with Crippen LogP contribution in [0.2, 0.25) is 0 Å². The van der Waals surface area contributed by atoms with E-state index in [1.807, 2.05) is 20.8 Å². The quantitative estimate of drug-likeness (QED) is 0.782. The number of aromatic nitrogens is 1. The summed E-state index contributed by atoms with van der Waals surface area (Å²) in [6.45, 7) is 6.69. The first-order chi connectivity index (χ1) is 7.80. The van der Waals surface area contributed by atoms with Gasteiger partial charge in [-0.1, -0.05) is 25.9 Å². The first kappa shape index (κ1) is 12.3. The zero-order valence-electron chi connectivity index (χ0n) is 10.5. The van der Waals surface area contributed by atoms with Crippen LogP contribution in [0.25, 0.3) is 0 Å². The number of amides is 2. The van der Waals surface area contributed by atoms with Crippen LogP contribution in [0.15, 0.2) is 10.6 Å². The molecule has 0 aromatic carbocycles. The van der Waals surface area contributed by atoms with Gasteiger partial charge in [0.05, 0.1) is 6.54 Å². The van der Waals surface area contributed by atoms with Gasteiger partial charge in [-0.3, -0.25) is 4.90 Å². The van der Waals surface area contributed by atoms with E-state index in [2.05, 4.69) is 17.8 Å². The Morgan fingerprint density at radius 1 is 1.53 bits per heavy atom. The Morgan fingerprint density at radius 2 is 2.18 bits per heavy atom. The topological polar surface area (TPSA) is 49.6 Å². The van der Waals surface area contributed by atoms with Gasteiger partial charge < -0.3 is 9.42 Å². The van der Waals surface area contributed by atoms with Crippen molar-refractivity contribution in [3.05, 3.63) is 11.8 Å². The van der Waals surface area contributed by atoms with Crippen LogP contribution < -0.4 is 4.90 Å². The van der Waals surface area contributed by atoms with Crippen LogP contribution in [-0.4, -0.2) is 35.1 Å². The molecule has 1 aliphatic rings. The Bertz CT molecular complexity index is 438. The minimum Gasteiger partial charge on any atom is -0.359 e. The predicted molar refractivity (Wildman–Crippen MR) is 68.5 cm³/mol. The van der Waals surface area contributed by atoms with Gasteiger partial charge in [-0.05, 0) is 0 Å². The second-order valence-corrected chi connectivity index (χ2v) is 5.91. The summed E-state index contributed by atoms with van der Waals surface area (Å²) in [6, 6.07) is 1.71. The largest absolute Gasteiger partial charge is 0.359 e. The number of nitrogens with zero attached hydrogens (tertiary/aromatic N) is 3. The monoisotopic (exact) mass is 255 g/mol. The SMILES string of the molecule is CN1CC(S)N(c2cc(C(C)(C)C)on2)C1=O. The van der Waals surface area contributed by atoms with Crippen LogP contribution in [0.3, 0.4) is 0 Å². The lowest BCUT2D eigenvalue weighted by Gasteiger charge is -2.15. The molecule has 1 aromatic rings. The van der Waals surface area contributed by atoms with Gasteiger partial charge in [-0.25, -0.2) is 4.79 Å². The number of likely N-dealkylation sites (N-methyl/N-ethyl adjacent to an activating group) is 1. The van der Waals surface area contributed by atoms with Crippen molar-refractivity contribution in [2.24, 2.45) is 0 Å². The molecule has 17 heavy (non-hydrogen) atoms. The summed E-state index contributed by atoms with van der Waals surface area (Å²) in [5, 5.41) is 3.78. The molecule has 1 aromatic heterocycles. The number of carbonyl (C=O) groups is 1. The molecule has 94 valence electrons. The fourth-order valence-electron chi connectivity index (χ4n) is 1.70. The lowest BCUT2D eigenvalue weighted by molar-refractivity contribution is 0.229. The van der Waals surface area contributed by atoms with E-state index in [0.717, 1.165) is 5.76 Å². The van der Waals surface area contributed by atoms with Gasteiger partial charge in [0.15, 0.2) is 5.82 Å². The van der Waals surface area contributed by atoms with Crippen molar-refractivity contribution >= 4 is 24.5 Å². The van der Waals surface area contributed by atoms with Crippen LogP contribution in [0.5, 0.6) is 0 Å². The third-order valence-corrected chi connectivity index (χ3v) is 3.15. The molecule has 2 amide bonds. The molecule has 0 radical (unpaired) electrons. The van der Waals surface area contributed by atoms with Crippen molar-refractivity contribution in [3.63, 3.8) is 0 Å². The highest BCUT2D eigenvalue weighted by molar-refractivity contribution is 7.81. The predicted octanol–water partition coefficient (Wildman–Crippen LogP) is 2.10. The van der Waals surface area contributed by atoms with Crippen LogP contribution in [0, 0.1) is 0 Å². The maximum atomic E-state index is 11.9. The third-order valence-electron chi connectivity index (χ3n) is 2.75. The summed E-state index contributed by atoms with van der Waals surface area (Å²) < 4.78 is 5.28. The molecule has 1 atom stereocenters. The Morgan fingerprint density at radius 3 is 2.59 bits per heavy atom. The van der Waals surface area contributed by atoms with Crippen LogP contribution >= 0.6 is 12.6 Å². The Kier molecular flexibility index (Phi) is 2.85. The van der Waals surface area contributed by atoms with Gasteiger partial charge in [0.25, 0.3) is 0 Å². The highest BCUT2D eigenvalue weighted by Gasteiger charge is 2.36. The molecule has 0 aliphatic carbocycles. The van der Waals surface area contributed by atoms with E-state index in [-0.39, 0.29) is 16.8 Å². The molecular weight excluding hydrogens is 238 g/mol. The number of urea groups is 1. The van der Waals surface area contributed by atoms with Gasteiger partial charge in [-0.15, -0.1) is 0 Å². The minimum atomic E-state index is -0.176. The standard InChI is InChI=1S/C11H17N3O2S/c1-11(2,3)7-5-8(12-16-7)14-9(17)6-13(4)10(14)15/h5,9,17H,6H2,1-4H3. The maximum Gasteiger partial charge on any atom is 0.326 e. The molecule has 5 nitrogen and oxygen atoms in total. The van der Waals surface area contributed by atoms with Crippen molar-refractivity contribution in [1.29, 1.82) is 0 Å². The summed E-state index contributed by atoms with van der Waals surface area (Å²) in [5.41, 5.74) is -0.119. The highest BCUT2D eigenvalue weighted by Crippen LogP contribution is 2.30. The van der Waals surface area contributed by atoms with Crippen molar-refractivity contribution in [3.8, 4) is 0 Å². The Balaban J connectivity index is 2.29. The molecule has 2 heterocycles. The maximum absolute atomic E-state index is 11.9. The number of thiol groups is 1. The third kappa shape index (κ3) is 2.13. The molecule has 6 heteroatoms. The van der Waals surface area contributed by atoms with Gasteiger partial charge in [0.2, 0.25) is 0 Å². The zero-order chi connectivity index (χ0) is 12.8. The van der Waals surface area contributed by atoms with E-state index in [1.165, 1.54) is 0 Å². The molecular formula is C11H17N3O2S. The number of carbonyl (C=O) groups excluding carboxylic acids is 1. The molecule has 0 N–H and O–H groups in total. The van der Waals surface area contributed by atoms with Crippen molar-refractivity contribution in [2.45, 2.75) is 31.6 Å². The second-order valence-electron chi connectivity index (χ2n) is 5.31. The van der Waals surface area contributed by atoms with E-state index in [9.17, 15) is 4.79 Å². The van der Waals surface area contributed by atoms with Crippen LogP contribution in [0.4, 0.5) is 10.6 Å². The van der Waals surface area contributed by atoms with Crippen LogP contribution in [0.1, 0.15) is 26.5 Å². The van der Waals surface area contributed by atoms with E-state index >= 15 is 0 Å². The summed E-state index contributed by atoms with van der Waals surface area (Å²) in [5.74, 6) is 1.29. The fourth-order valence-corrected chi connectivity index (χ4v) is 2.16. The van der Waals surface area contributed by atoms with Gasteiger partial charge in [0.1, 0.15) is 11.1 Å². The first-order valence-electron chi connectivity index (χ1n) is 5.50. The number of anilines is 1. The van der Waals surface area contributed by atoms with Crippen LogP contribution in [-0.2, 0) is 5.41 Å². The minimum absolute atomic E-state index is 0.0984. The van der Waals surface area contributed by atoms with Crippen molar-refractivity contribution in [2.75, 3.05) is 18.5 Å². The molecule has 2 rings (SSSR count). The smallest absolute Gasteiger partial charge is 0.326 e. The normalized spacial score (nSPS) is 21.5. The highest BCUT2D eigenvalue weighted by atomic mass is 32.1. The number of hydrogen-bond donors (Lipinski definition) is 1. The molecule has 0 spiro atoms. The number of rotatable bonds is 1. The van der Waals surface area contributed by atoms with Gasteiger partial charge >= 0.3 is 6.03 Å². The Labute approximate surface area is 106 Å². The fraction of sp³-hybridized carbons (Fsp3) is 0.636. The molecule has 1 aliphatic heterocycles. The summed E-state index contributed by atoms with van der Waals surface area (Å²) in [7, 11) is 1.75. The zero-order valence-corrected chi connectivity index (χ0v) is 11.4.